The zero-order valence-electron chi connectivity index (χ0n) is 12.7. The van der Waals surface area contributed by atoms with Gasteiger partial charge >= 0.3 is 0 Å². The standard InChI is InChI=1S/C17H25NO2/c1-13(2)16(15-7-5-4-6-8-15)11-17(19)18-9-10-20-14(3)12-18/h4-8,13-14,16H,9-12H2,1-3H3. The summed E-state index contributed by atoms with van der Waals surface area (Å²) in [4.78, 5) is 14.5. The van der Waals surface area contributed by atoms with Crippen molar-refractivity contribution in [3.63, 3.8) is 0 Å². The predicted molar refractivity (Wildman–Crippen MR) is 80.6 cm³/mol. The first-order valence-electron chi connectivity index (χ1n) is 7.52. The summed E-state index contributed by atoms with van der Waals surface area (Å²) in [7, 11) is 0. The Kier molecular flexibility index (Phi) is 5.18. The minimum atomic E-state index is 0.155. The number of carbonyl (C=O) groups excluding carboxylic acids is 1. The van der Waals surface area contributed by atoms with E-state index in [0.717, 1.165) is 13.1 Å². The molecule has 0 radical (unpaired) electrons. The highest BCUT2D eigenvalue weighted by atomic mass is 16.5. The lowest BCUT2D eigenvalue weighted by Gasteiger charge is -2.33. The fourth-order valence-electron chi connectivity index (χ4n) is 2.80. The summed E-state index contributed by atoms with van der Waals surface area (Å²) < 4.78 is 5.50. The predicted octanol–water partition coefficient (Wildman–Crippen LogP) is 3.06. The van der Waals surface area contributed by atoms with E-state index in [2.05, 4.69) is 26.0 Å². The van der Waals surface area contributed by atoms with Gasteiger partial charge in [-0.15, -0.1) is 0 Å². The van der Waals surface area contributed by atoms with Gasteiger partial charge in [-0.05, 0) is 24.3 Å². The Morgan fingerprint density at radius 3 is 2.65 bits per heavy atom. The Hall–Kier alpha value is -1.35. The number of amides is 1. The van der Waals surface area contributed by atoms with E-state index in [1.165, 1.54) is 5.56 Å². The molecule has 3 nitrogen and oxygen atoms in total. The molecule has 0 saturated carbocycles. The van der Waals surface area contributed by atoms with Crippen LogP contribution in [0.25, 0.3) is 0 Å². The van der Waals surface area contributed by atoms with Gasteiger partial charge in [-0.25, -0.2) is 0 Å². The molecule has 2 unspecified atom stereocenters. The van der Waals surface area contributed by atoms with E-state index in [0.29, 0.717) is 24.9 Å². The van der Waals surface area contributed by atoms with Crippen molar-refractivity contribution in [2.45, 2.75) is 39.2 Å². The second-order valence-electron chi connectivity index (χ2n) is 5.99. The number of hydrogen-bond acceptors (Lipinski definition) is 2. The normalized spacial score (nSPS) is 21.0. The number of hydrogen-bond donors (Lipinski definition) is 0. The summed E-state index contributed by atoms with van der Waals surface area (Å²) in [6.45, 7) is 8.50. The second-order valence-corrected chi connectivity index (χ2v) is 5.99. The number of carbonyl (C=O) groups is 1. The third-order valence-electron chi connectivity index (χ3n) is 4.02. The Bertz CT molecular complexity index is 430. The van der Waals surface area contributed by atoms with E-state index in [1.807, 2.05) is 30.0 Å². The van der Waals surface area contributed by atoms with Crippen LogP contribution in [0.5, 0.6) is 0 Å². The van der Waals surface area contributed by atoms with Gasteiger partial charge in [0, 0.05) is 19.5 Å². The van der Waals surface area contributed by atoms with Crippen LogP contribution in [-0.4, -0.2) is 36.6 Å². The zero-order chi connectivity index (χ0) is 14.5. The van der Waals surface area contributed by atoms with Crippen LogP contribution in [0.1, 0.15) is 38.7 Å². The van der Waals surface area contributed by atoms with Gasteiger partial charge in [-0.2, -0.15) is 0 Å². The largest absolute Gasteiger partial charge is 0.375 e. The molecule has 1 aliphatic rings. The molecule has 20 heavy (non-hydrogen) atoms. The molecule has 2 rings (SSSR count). The number of rotatable bonds is 4. The summed E-state index contributed by atoms with van der Waals surface area (Å²) in [6.07, 6.45) is 0.746. The number of nitrogens with zero attached hydrogens (tertiary/aromatic N) is 1. The average molecular weight is 275 g/mol. The Balaban J connectivity index is 2.03. The van der Waals surface area contributed by atoms with Crippen LogP contribution in [-0.2, 0) is 9.53 Å². The van der Waals surface area contributed by atoms with Gasteiger partial charge < -0.3 is 9.64 Å². The van der Waals surface area contributed by atoms with Crippen molar-refractivity contribution in [1.82, 2.24) is 4.90 Å². The van der Waals surface area contributed by atoms with E-state index in [1.54, 1.807) is 0 Å². The molecule has 110 valence electrons. The van der Waals surface area contributed by atoms with Crippen LogP contribution in [0.4, 0.5) is 0 Å². The van der Waals surface area contributed by atoms with Crippen LogP contribution in [0, 0.1) is 5.92 Å². The second kappa shape index (κ2) is 6.89. The van der Waals surface area contributed by atoms with Crippen molar-refractivity contribution >= 4 is 5.91 Å². The maximum Gasteiger partial charge on any atom is 0.223 e. The van der Waals surface area contributed by atoms with Gasteiger partial charge in [0.25, 0.3) is 0 Å². The molecule has 0 bridgehead atoms. The summed E-state index contributed by atoms with van der Waals surface area (Å²) in [5, 5.41) is 0. The van der Waals surface area contributed by atoms with Gasteiger partial charge in [0.2, 0.25) is 5.91 Å². The summed E-state index contributed by atoms with van der Waals surface area (Å²) in [6, 6.07) is 10.4. The van der Waals surface area contributed by atoms with Crippen molar-refractivity contribution in [1.29, 1.82) is 0 Å². The smallest absolute Gasteiger partial charge is 0.223 e. The van der Waals surface area contributed by atoms with Crippen molar-refractivity contribution in [2.75, 3.05) is 19.7 Å². The minimum Gasteiger partial charge on any atom is -0.375 e. The fraction of sp³-hybridized carbons (Fsp3) is 0.588. The van der Waals surface area contributed by atoms with Crippen LogP contribution >= 0.6 is 0 Å². The molecule has 1 fully saturated rings. The summed E-state index contributed by atoms with van der Waals surface area (Å²) >= 11 is 0. The van der Waals surface area contributed by atoms with E-state index in [9.17, 15) is 4.79 Å². The van der Waals surface area contributed by atoms with Crippen LogP contribution in [0.3, 0.4) is 0 Å². The van der Waals surface area contributed by atoms with Crippen molar-refractivity contribution in [3.8, 4) is 0 Å². The molecular weight excluding hydrogens is 250 g/mol. The number of morpholine rings is 1. The Labute approximate surface area is 121 Å². The highest BCUT2D eigenvalue weighted by molar-refractivity contribution is 5.77. The quantitative estimate of drug-likeness (QED) is 0.845. The van der Waals surface area contributed by atoms with E-state index < -0.39 is 0 Å². The molecule has 3 heteroatoms. The first kappa shape index (κ1) is 15.0. The molecule has 0 aromatic heterocycles. The number of ether oxygens (including phenoxy) is 1. The van der Waals surface area contributed by atoms with Crippen molar-refractivity contribution < 1.29 is 9.53 Å². The van der Waals surface area contributed by atoms with E-state index >= 15 is 0 Å². The monoisotopic (exact) mass is 275 g/mol. The molecule has 1 heterocycles. The molecular formula is C17H25NO2. The third kappa shape index (κ3) is 3.83. The van der Waals surface area contributed by atoms with Gasteiger partial charge in [0.1, 0.15) is 0 Å². The Morgan fingerprint density at radius 2 is 2.05 bits per heavy atom. The van der Waals surface area contributed by atoms with E-state index in [-0.39, 0.29) is 12.0 Å². The van der Waals surface area contributed by atoms with Gasteiger partial charge in [-0.1, -0.05) is 44.2 Å². The SMILES string of the molecule is CC1CN(C(=O)CC(c2ccccc2)C(C)C)CCO1. The van der Waals surface area contributed by atoms with Gasteiger partial charge in [-0.3, -0.25) is 4.79 Å². The highest BCUT2D eigenvalue weighted by Gasteiger charge is 2.25. The van der Waals surface area contributed by atoms with Crippen LogP contribution < -0.4 is 0 Å². The molecule has 1 amide bonds. The van der Waals surface area contributed by atoms with Crippen LogP contribution in [0.15, 0.2) is 30.3 Å². The molecule has 1 saturated heterocycles. The maximum atomic E-state index is 12.5. The number of benzene rings is 1. The molecule has 2 atom stereocenters. The lowest BCUT2D eigenvalue weighted by molar-refractivity contribution is -0.138. The molecule has 0 aliphatic carbocycles. The van der Waals surface area contributed by atoms with E-state index in [4.69, 9.17) is 4.74 Å². The summed E-state index contributed by atoms with van der Waals surface area (Å²) in [5.41, 5.74) is 1.26. The topological polar surface area (TPSA) is 29.5 Å². The first-order valence-corrected chi connectivity index (χ1v) is 7.52. The van der Waals surface area contributed by atoms with Crippen molar-refractivity contribution in [2.24, 2.45) is 5.92 Å². The van der Waals surface area contributed by atoms with Gasteiger partial charge in [0.05, 0.1) is 12.7 Å². The zero-order valence-corrected chi connectivity index (χ0v) is 12.7. The molecule has 1 aliphatic heterocycles. The van der Waals surface area contributed by atoms with Gasteiger partial charge in [0.15, 0.2) is 0 Å². The molecule has 1 aromatic rings. The lowest BCUT2D eigenvalue weighted by Crippen LogP contribution is -2.45. The third-order valence-corrected chi connectivity index (χ3v) is 4.02. The lowest BCUT2D eigenvalue weighted by atomic mass is 9.85. The molecule has 1 aromatic carbocycles. The average Bonchev–Trinajstić information content (AvgIpc) is 2.45. The fourth-order valence-corrected chi connectivity index (χ4v) is 2.80. The maximum absolute atomic E-state index is 12.5. The highest BCUT2D eigenvalue weighted by Crippen LogP contribution is 2.28. The van der Waals surface area contributed by atoms with Crippen molar-refractivity contribution in [3.05, 3.63) is 35.9 Å². The molecule has 0 N–H and O–H groups in total. The van der Waals surface area contributed by atoms with Crippen LogP contribution in [0.2, 0.25) is 0 Å². The summed E-state index contributed by atoms with van der Waals surface area (Å²) in [5.74, 6) is 1.00. The first-order chi connectivity index (χ1) is 9.58. The Morgan fingerprint density at radius 1 is 1.35 bits per heavy atom. The minimum absolute atomic E-state index is 0.155. The molecule has 0 spiro atoms.